The molecule has 16 heavy (non-hydrogen) atoms. The van der Waals surface area contributed by atoms with E-state index in [9.17, 15) is 4.39 Å². The van der Waals surface area contributed by atoms with Gasteiger partial charge in [0.1, 0.15) is 11.6 Å². The van der Waals surface area contributed by atoms with Gasteiger partial charge in [-0.2, -0.15) is 0 Å². The number of hydrogen-bond donors (Lipinski definition) is 2. The maximum absolute atomic E-state index is 13.4. The van der Waals surface area contributed by atoms with Gasteiger partial charge in [0.05, 0.1) is 0 Å². The van der Waals surface area contributed by atoms with Crippen LogP contribution in [0.5, 0.6) is 5.75 Å². The van der Waals surface area contributed by atoms with Gasteiger partial charge in [-0.05, 0) is 26.0 Å². The number of phenolic OH excluding ortho intramolecular Hbond substituents is 1. The third-order valence-corrected chi connectivity index (χ3v) is 2.40. The first-order valence-electron chi connectivity index (χ1n) is 5.30. The van der Waals surface area contributed by atoms with E-state index in [0.29, 0.717) is 5.56 Å². The molecule has 0 heterocycles. The van der Waals surface area contributed by atoms with E-state index in [1.165, 1.54) is 6.07 Å². The van der Waals surface area contributed by atoms with Gasteiger partial charge in [0, 0.05) is 24.1 Å². The zero-order valence-electron chi connectivity index (χ0n) is 9.33. The molecule has 0 saturated heterocycles. The summed E-state index contributed by atoms with van der Waals surface area (Å²) in [6.45, 7) is 2.64. The highest BCUT2D eigenvalue weighted by Gasteiger charge is 2.10. The highest BCUT2D eigenvalue weighted by atomic mass is 19.1. The summed E-state index contributed by atoms with van der Waals surface area (Å²) < 4.78 is 13.4. The van der Waals surface area contributed by atoms with Crippen LogP contribution in [0.2, 0.25) is 0 Å². The van der Waals surface area contributed by atoms with Crippen molar-refractivity contribution in [1.29, 1.82) is 0 Å². The monoisotopic (exact) mass is 221 g/mol. The summed E-state index contributed by atoms with van der Waals surface area (Å²) in [4.78, 5) is 0. The van der Waals surface area contributed by atoms with E-state index in [-0.39, 0.29) is 11.8 Å². The van der Waals surface area contributed by atoms with Gasteiger partial charge in [0.15, 0.2) is 0 Å². The Morgan fingerprint density at radius 2 is 2.31 bits per heavy atom. The van der Waals surface area contributed by atoms with Crippen LogP contribution in [0.25, 0.3) is 0 Å². The topological polar surface area (TPSA) is 32.3 Å². The minimum absolute atomic E-state index is 0.0548. The minimum Gasteiger partial charge on any atom is -0.508 e. The third-order valence-electron chi connectivity index (χ3n) is 2.40. The van der Waals surface area contributed by atoms with Crippen molar-refractivity contribution in [3.05, 3.63) is 29.6 Å². The van der Waals surface area contributed by atoms with E-state index in [1.54, 1.807) is 6.07 Å². The second kappa shape index (κ2) is 6.14. The summed E-state index contributed by atoms with van der Waals surface area (Å²) in [6, 6.07) is 4.11. The zero-order valence-corrected chi connectivity index (χ0v) is 9.33. The Morgan fingerprint density at radius 1 is 1.56 bits per heavy atom. The average molecular weight is 221 g/mol. The van der Waals surface area contributed by atoms with Crippen LogP contribution in [0, 0.1) is 18.2 Å². The third kappa shape index (κ3) is 3.56. The Hall–Kier alpha value is -1.53. The number of hydrogen-bond acceptors (Lipinski definition) is 2. The Kier molecular flexibility index (Phi) is 4.81. The molecule has 0 aliphatic carbocycles. The molecule has 1 atom stereocenters. The van der Waals surface area contributed by atoms with Crippen LogP contribution in [-0.2, 0) is 0 Å². The van der Waals surface area contributed by atoms with Crippen molar-refractivity contribution in [1.82, 2.24) is 5.32 Å². The first kappa shape index (κ1) is 12.5. The maximum Gasteiger partial charge on any atom is 0.131 e. The van der Waals surface area contributed by atoms with Gasteiger partial charge < -0.3 is 10.4 Å². The van der Waals surface area contributed by atoms with Crippen LogP contribution in [0.15, 0.2) is 18.2 Å². The highest BCUT2D eigenvalue weighted by Crippen LogP contribution is 2.20. The largest absolute Gasteiger partial charge is 0.508 e. The first-order valence-corrected chi connectivity index (χ1v) is 5.30. The molecule has 0 fully saturated rings. The minimum atomic E-state index is -0.392. The van der Waals surface area contributed by atoms with Crippen LogP contribution < -0.4 is 5.32 Å². The molecule has 1 rings (SSSR count). The van der Waals surface area contributed by atoms with Crippen molar-refractivity contribution in [2.24, 2.45) is 0 Å². The van der Waals surface area contributed by atoms with Gasteiger partial charge in [0.2, 0.25) is 0 Å². The number of unbranched alkanes of at least 4 members (excludes halogenated alkanes) is 1. The van der Waals surface area contributed by atoms with Crippen molar-refractivity contribution in [3.8, 4) is 18.1 Å². The lowest BCUT2D eigenvalue weighted by atomic mass is 10.1. The van der Waals surface area contributed by atoms with Crippen LogP contribution >= 0.6 is 0 Å². The normalized spacial score (nSPS) is 12.1. The molecule has 0 spiro atoms. The van der Waals surface area contributed by atoms with Gasteiger partial charge >= 0.3 is 0 Å². The van der Waals surface area contributed by atoms with Crippen molar-refractivity contribution in [2.45, 2.75) is 25.8 Å². The van der Waals surface area contributed by atoms with Crippen LogP contribution in [-0.4, -0.2) is 11.7 Å². The Labute approximate surface area is 95.5 Å². The summed E-state index contributed by atoms with van der Waals surface area (Å²) in [5.41, 5.74) is 0.554. The van der Waals surface area contributed by atoms with E-state index in [4.69, 9.17) is 11.5 Å². The molecule has 0 aliphatic heterocycles. The molecule has 0 amide bonds. The Morgan fingerprint density at radius 3 is 2.94 bits per heavy atom. The van der Waals surface area contributed by atoms with E-state index >= 15 is 0 Å². The summed E-state index contributed by atoms with van der Waals surface area (Å²) in [5, 5.41) is 12.3. The fourth-order valence-corrected chi connectivity index (χ4v) is 1.49. The molecule has 1 aromatic carbocycles. The zero-order chi connectivity index (χ0) is 12.0. The van der Waals surface area contributed by atoms with Gasteiger partial charge in [0.25, 0.3) is 0 Å². The molecule has 0 saturated carbocycles. The van der Waals surface area contributed by atoms with Crippen molar-refractivity contribution < 1.29 is 9.50 Å². The molecule has 2 N–H and O–H groups in total. The van der Waals surface area contributed by atoms with Crippen LogP contribution in [0.3, 0.4) is 0 Å². The molecule has 0 aliphatic rings. The molecule has 86 valence electrons. The fourth-order valence-electron chi connectivity index (χ4n) is 1.49. The standard InChI is InChI=1S/C13H16FNO/c1-3-4-5-8-15-10(2)12-7-6-11(16)9-13(12)14/h1,6-7,9-10,15-16H,4-5,8H2,2H3. The SMILES string of the molecule is C#CCCCNC(C)c1ccc(O)cc1F. The lowest BCUT2D eigenvalue weighted by molar-refractivity contribution is 0.463. The summed E-state index contributed by atoms with van der Waals surface area (Å²) in [5.74, 6) is 2.11. The maximum atomic E-state index is 13.4. The second-order valence-electron chi connectivity index (χ2n) is 3.69. The number of phenols is 1. The van der Waals surface area contributed by atoms with E-state index < -0.39 is 5.82 Å². The molecule has 0 aromatic heterocycles. The molecule has 2 nitrogen and oxygen atoms in total. The Balaban J connectivity index is 2.53. The summed E-state index contributed by atoms with van der Waals surface area (Å²) >= 11 is 0. The van der Waals surface area contributed by atoms with Gasteiger partial charge in [-0.1, -0.05) is 6.07 Å². The molecule has 1 unspecified atom stereocenters. The van der Waals surface area contributed by atoms with Gasteiger partial charge in [-0.15, -0.1) is 12.3 Å². The molecule has 0 bridgehead atoms. The summed E-state index contributed by atoms with van der Waals surface area (Å²) in [6.07, 6.45) is 6.73. The Bertz CT molecular complexity index is 384. The van der Waals surface area contributed by atoms with Gasteiger partial charge in [-0.25, -0.2) is 4.39 Å². The molecule has 1 aromatic rings. The van der Waals surface area contributed by atoms with Crippen molar-refractivity contribution in [3.63, 3.8) is 0 Å². The predicted octanol–water partition coefficient (Wildman–Crippen LogP) is 2.60. The lowest BCUT2D eigenvalue weighted by Crippen LogP contribution is -2.20. The number of terminal acetylenes is 1. The first-order chi connectivity index (χ1) is 7.65. The molecule has 3 heteroatoms. The summed E-state index contributed by atoms with van der Waals surface area (Å²) in [7, 11) is 0. The van der Waals surface area contributed by atoms with E-state index in [1.807, 2.05) is 6.92 Å². The van der Waals surface area contributed by atoms with Crippen molar-refractivity contribution in [2.75, 3.05) is 6.54 Å². The fraction of sp³-hybridized carbons (Fsp3) is 0.385. The van der Waals surface area contributed by atoms with Gasteiger partial charge in [-0.3, -0.25) is 0 Å². The van der Waals surface area contributed by atoms with E-state index in [0.717, 1.165) is 25.5 Å². The smallest absolute Gasteiger partial charge is 0.131 e. The predicted molar refractivity (Wildman–Crippen MR) is 62.5 cm³/mol. The number of rotatable bonds is 5. The quantitative estimate of drug-likeness (QED) is 0.591. The molecular weight excluding hydrogens is 205 g/mol. The van der Waals surface area contributed by atoms with Crippen LogP contribution in [0.1, 0.15) is 31.4 Å². The highest BCUT2D eigenvalue weighted by molar-refractivity contribution is 5.29. The van der Waals surface area contributed by atoms with Crippen molar-refractivity contribution >= 4 is 0 Å². The number of nitrogens with one attached hydrogen (secondary N) is 1. The lowest BCUT2D eigenvalue weighted by Gasteiger charge is -2.14. The molecule has 0 radical (unpaired) electrons. The second-order valence-corrected chi connectivity index (χ2v) is 3.69. The van der Waals surface area contributed by atoms with E-state index in [2.05, 4.69) is 11.2 Å². The number of benzene rings is 1. The number of aromatic hydroxyl groups is 1. The average Bonchev–Trinajstić information content (AvgIpc) is 2.24. The molecular formula is C13H16FNO. The number of halogens is 1. The van der Waals surface area contributed by atoms with Crippen LogP contribution in [0.4, 0.5) is 4.39 Å².